The average Bonchev–Trinajstić information content (AvgIpc) is 1.85. The minimum absolute atomic E-state index is 0.140. The van der Waals surface area contributed by atoms with E-state index in [-0.39, 0.29) is 5.69 Å². The number of nitrogens with one attached hydrogen (secondary N) is 2. The van der Waals surface area contributed by atoms with Crippen molar-refractivity contribution in [2.45, 2.75) is 0 Å². The predicted molar refractivity (Wildman–Crippen MR) is 36.7 cm³/mol. The molecule has 5 heteroatoms. The van der Waals surface area contributed by atoms with Crippen LogP contribution >= 0.6 is 0 Å². The number of aromatic amines is 1. The average molecular weight is 156 g/mol. The first-order valence-electron chi connectivity index (χ1n) is 2.82. The molecule has 1 rings (SSSR count). The first-order chi connectivity index (χ1) is 5.22. The summed E-state index contributed by atoms with van der Waals surface area (Å²) in [5, 5.41) is 2.15. The lowest BCUT2D eigenvalue weighted by Crippen LogP contribution is -2.08. The molecule has 2 N–H and O–H groups in total. The van der Waals surface area contributed by atoms with Gasteiger partial charge >= 0.3 is 0 Å². The van der Waals surface area contributed by atoms with Crippen LogP contribution in [-0.2, 0) is 4.79 Å². The van der Waals surface area contributed by atoms with Crippen LogP contribution in [0.3, 0.4) is 0 Å². The Balaban J connectivity index is 3.08. The largest absolute Gasteiger partial charge is 0.328 e. The molecule has 0 bridgehead atoms. The van der Waals surface area contributed by atoms with Gasteiger partial charge in [0, 0.05) is 12.1 Å². The third-order valence-electron chi connectivity index (χ3n) is 1.04. The summed E-state index contributed by atoms with van der Waals surface area (Å²) < 4.78 is 12.3. The van der Waals surface area contributed by atoms with E-state index in [0.29, 0.717) is 6.41 Å². The maximum absolute atomic E-state index is 12.3. The van der Waals surface area contributed by atoms with Gasteiger partial charge in [-0.2, -0.15) is 4.39 Å². The summed E-state index contributed by atoms with van der Waals surface area (Å²) in [6, 6.07) is 2.09. The van der Waals surface area contributed by atoms with Crippen molar-refractivity contribution >= 4 is 12.1 Å². The lowest BCUT2D eigenvalue weighted by atomic mass is 10.4. The van der Waals surface area contributed by atoms with Crippen LogP contribution in [0.5, 0.6) is 0 Å². The van der Waals surface area contributed by atoms with Crippen molar-refractivity contribution in [1.29, 1.82) is 0 Å². The number of hydrogen-bond acceptors (Lipinski definition) is 2. The maximum Gasteiger partial charge on any atom is 0.252 e. The van der Waals surface area contributed by atoms with E-state index in [9.17, 15) is 14.0 Å². The van der Waals surface area contributed by atoms with Crippen LogP contribution < -0.4 is 10.9 Å². The molecule has 1 aromatic heterocycles. The number of carbonyl (C=O) groups is 1. The zero-order valence-electron chi connectivity index (χ0n) is 5.43. The molecular formula is C6H5FN2O2. The molecule has 0 unspecified atom stereocenters. The molecule has 0 saturated carbocycles. The van der Waals surface area contributed by atoms with Crippen LogP contribution in [0.2, 0.25) is 0 Å². The van der Waals surface area contributed by atoms with Crippen LogP contribution in [0.1, 0.15) is 0 Å². The molecule has 0 fully saturated rings. The molecule has 1 aromatic rings. The molecule has 0 radical (unpaired) electrons. The van der Waals surface area contributed by atoms with Gasteiger partial charge in [0.15, 0.2) is 5.95 Å². The zero-order valence-corrected chi connectivity index (χ0v) is 5.43. The minimum Gasteiger partial charge on any atom is -0.328 e. The van der Waals surface area contributed by atoms with Crippen molar-refractivity contribution in [3.63, 3.8) is 0 Å². The van der Waals surface area contributed by atoms with Gasteiger partial charge < -0.3 is 5.32 Å². The first kappa shape index (κ1) is 7.46. The number of aromatic nitrogens is 1. The van der Waals surface area contributed by atoms with E-state index < -0.39 is 11.5 Å². The lowest BCUT2D eigenvalue weighted by molar-refractivity contribution is -0.105. The van der Waals surface area contributed by atoms with Crippen molar-refractivity contribution < 1.29 is 9.18 Å². The third-order valence-corrected chi connectivity index (χ3v) is 1.04. The monoisotopic (exact) mass is 156 g/mol. The fourth-order valence-corrected chi connectivity index (χ4v) is 0.661. The van der Waals surface area contributed by atoms with Crippen molar-refractivity contribution in [2.24, 2.45) is 0 Å². The van der Waals surface area contributed by atoms with Gasteiger partial charge in [0.05, 0.1) is 5.69 Å². The van der Waals surface area contributed by atoms with Crippen LogP contribution in [0.25, 0.3) is 0 Å². The highest BCUT2D eigenvalue weighted by Crippen LogP contribution is 2.01. The summed E-state index contributed by atoms with van der Waals surface area (Å²) in [6.45, 7) is 0. The summed E-state index contributed by atoms with van der Waals surface area (Å²) in [4.78, 5) is 22.3. The molecule has 11 heavy (non-hydrogen) atoms. The predicted octanol–water partition coefficient (Wildman–Crippen LogP) is 0.0823. The number of amides is 1. The van der Waals surface area contributed by atoms with E-state index >= 15 is 0 Å². The van der Waals surface area contributed by atoms with Crippen LogP contribution in [0.4, 0.5) is 10.1 Å². The van der Waals surface area contributed by atoms with Crippen molar-refractivity contribution in [1.82, 2.24) is 4.98 Å². The van der Waals surface area contributed by atoms with E-state index in [1.165, 1.54) is 0 Å². The summed E-state index contributed by atoms with van der Waals surface area (Å²) in [5.41, 5.74) is -0.449. The lowest BCUT2D eigenvalue weighted by Gasteiger charge is -1.95. The molecule has 1 amide bonds. The van der Waals surface area contributed by atoms with Crippen LogP contribution in [0.15, 0.2) is 16.9 Å². The Morgan fingerprint density at radius 1 is 1.55 bits per heavy atom. The number of carbonyl (C=O) groups excluding carboxylic acids is 1. The molecule has 0 spiro atoms. The Kier molecular flexibility index (Phi) is 2.00. The molecule has 0 saturated heterocycles. The molecule has 0 aliphatic rings. The zero-order chi connectivity index (χ0) is 8.27. The second-order valence-electron chi connectivity index (χ2n) is 1.84. The normalized spacial score (nSPS) is 9.18. The van der Waals surface area contributed by atoms with Crippen molar-refractivity contribution in [3.8, 4) is 0 Å². The van der Waals surface area contributed by atoms with E-state index in [1.807, 2.05) is 4.98 Å². The topological polar surface area (TPSA) is 62.0 Å². The van der Waals surface area contributed by atoms with Gasteiger partial charge in [0.25, 0.3) is 5.56 Å². The SMILES string of the molecule is O=CNc1cc(F)[nH]c(=O)c1. The highest BCUT2D eigenvalue weighted by atomic mass is 19.1. The standard InChI is InChI=1S/C6H5FN2O2/c7-5-1-4(8-3-10)2-6(11)9-5/h1-3H,(H2,8,9,10,11). The molecule has 0 aliphatic heterocycles. The number of rotatable bonds is 2. The van der Waals surface area contributed by atoms with Crippen molar-refractivity contribution in [2.75, 3.05) is 5.32 Å². The summed E-state index contributed by atoms with van der Waals surface area (Å²) >= 11 is 0. The number of hydrogen-bond donors (Lipinski definition) is 2. The van der Waals surface area contributed by atoms with E-state index in [4.69, 9.17) is 0 Å². The fraction of sp³-hybridized carbons (Fsp3) is 0. The molecular weight excluding hydrogens is 151 g/mol. The fourth-order valence-electron chi connectivity index (χ4n) is 0.661. The van der Waals surface area contributed by atoms with Gasteiger partial charge in [-0.25, -0.2) is 0 Å². The maximum atomic E-state index is 12.3. The summed E-state index contributed by atoms with van der Waals surface area (Å²) in [7, 11) is 0. The molecule has 0 aliphatic carbocycles. The Hall–Kier alpha value is -1.65. The second-order valence-corrected chi connectivity index (χ2v) is 1.84. The second kappa shape index (κ2) is 2.96. The Bertz CT molecular complexity index is 321. The van der Waals surface area contributed by atoms with E-state index in [0.717, 1.165) is 12.1 Å². The van der Waals surface area contributed by atoms with Gasteiger partial charge in [-0.3, -0.25) is 14.6 Å². The third kappa shape index (κ3) is 1.89. The highest BCUT2D eigenvalue weighted by molar-refractivity contribution is 5.70. The van der Waals surface area contributed by atoms with Gasteiger partial charge in [0.2, 0.25) is 6.41 Å². The van der Waals surface area contributed by atoms with Gasteiger partial charge in [-0.15, -0.1) is 0 Å². The Labute approximate surface area is 61.1 Å². The Morgan fingerprint density at radius 2 is 2.27 bits per heavy atom. The van der Waals surface area contributed by atoms with Crippen LogP contribution in [-0.4, -0.2) is 11.4 Å². The molecule has 4 nitrogen and oxygen atoms in total. The van der Waals surface area contributed by atoms with Crippen LogP contribution in [0, 0.1) is 5.95 Å². The van der Waals surface area contributed by atoms with Gasteiger partial charge in [-0.05, 0) is 0 Å². The van der Waals surface area contributed by atoms with E-state index in [2.05, 4.69) is 5.32 Å². The van der Waals surface area contributed by atoms with Gasteiger partial charge in [-0.1, -0.05) is 0 Å². The van der Waals surface area contributed by atoms with E-state index in [1.54, 1.807) is 0 Å². The number of pyridine rings is 1. The quantitative estimate of drug-likeness (QED) is 0.470. The first-order valence-corrected chi connectivity index (χ1v) is 2.82. The molecule has 58 valence electrons. The number of anilines is 1. The number of halogens is 1. The molecule has 0 aromatic carbocycles. The summed E-state index contributed by atoms with van der Waals surface area (Å²) in [5.74, 6) is -0.776. The highest BCUT2D eigenvalue weighted by Gasteiger charge is 1.95. The minimum atomic E-state index is -0.776. The smallest absolute Gasteiger partial charge is 0.252 e. The van der Waals surface area contributed by atoms with Crippen molar-refractivity contribution in [3.05, 3.63) is 28.4 Å². The molecule has 1 heterocycles. The van der Waals surface area contributed by atoms with Gasteiger partial charge in [0.1, 0.15) is 0 Å². The Morgan fingerprint density at radius 3 is 2.82 bits per heavy atom. The number of H-pyrrole nitrogens is 1. The summed E-state index contributed by atoms with van der Waals surface area (Å²) in [6.07, 6.45) is 0.369. The molecule has 0 atom stereocenters.